The minimum atomic E-state index is 0.159. The number of benzene rings is 1. The molecule has 1 aromatic heterocycles. The zero-order chi connectivity index (χ0) is 15.1. The van der Waals surface area contributed by atoms with Gasteiger partial charge in [0, 0.05) is 48.3 Å². The molecule has 2 aliphatic heterocycles. The molecule has 0 spiro atoms. The Morgan fingerprint density at radius 1 is 1.05 bits per heavy atom. The van der Waals surface area contributed by atoms with Gasteiger partial charge in [-0.15, -0.1) is 0 Å². The number of hydrogen-bond acceptors (Lipinski definition) is 2. The van der Waals surface area contributed by atoms with Crippen LogP contribution < -0.4 is 5.56 Å². The maximum atomic E-state index is 12.1. The molecular weight excluding hydrogens is 340 g/mol. The smallest absolute Gasteiger partial charge is 0.250 e. The Bertz CT molecular complexity index is 755. The maximum Gasteiger partial charge on any atom is 0.250 e. The predicted octanol–water partition coefficient (Wildman–Crippen LogP) is 3.23. The van der Waals surface area contributed by atoms with Crippen LogP contribution in [0.25, 0.3) is 0 Å². The molecule has 2 unspecified atom stereocenters. The molecule has 3 heterocycles. The molecule has 0 saturated carbocycles. The van der Waals surface area contributed by atoms with E-state index in [2.05, 4.69) is 51.2 Å². The van der Waals surface area contributed by atoms with E-state index in [1.165, 1.54) is 22.2 Å². The fourth-order valence-corrected chi connectivity index (χ4v) is 4.40. The molecular formula is C18H19BrN2O. The Hall–Kier alpha value is -1.39. The van der Waals surface area contributed by atoms with E-state index in [4.69, 9.17) is 0 Å². The van der Waals surface area contributed by atoms with Gasteiger partial charge in [-0.3, -0.25) is 9.69 Å². The molecule has 1 fully saturated rings. The van der Waals surface area contributed by atoms with Crippen molar-refractivity contribution in [2.75, 3.05) is 13.1 Å². The summed E-state index contributed by atoms with van der Waals surface area (Å²) >= 11 is 3.65. The fourth-order valence-electron chi connectivity index (χ4n) is 3.99. The number of rotatable bonds is 2. The number of aromatic nitrogens is 1. The Balaban J connectivity index is 1.59. The second-order valence-corrected chi connectivity index (χ2v) is 7.34. The van der Waals surface area contributed by atoms with Gasteiger partial charge in [-0.1, -0.05) is 40.2 Å². The number of hydrogen-bond donors (Lipinski definition) is 0. The van der Waals surface area contributed by atoms with Gasteiger partial charge < -0.3 is 4.57 Å². The van der Waals surface area contributed by atoms with Crippen LogP contribution in [0, 0.1) is 5.92 Å². The van der Waals surface area contributed by atoms with E-state index in [9.17, 15) is 4.79 Å². The van der Waals surface area contributed by atoms with Crippen LogP contribution in [0.4, 0.5) is 0 Å². The van der Waals surface area contributed by atoms with Crippen LogP contribution in [0.1, 0.15) is 23.6 Å². The first-order chi connectivity index (χ1) is 10.7. The Kier molecular flexibility index (Phi) is 3.66. The fraction of sp³-hybridized carbons (Fsp3) is 0.389. The van der Waals surface area contributed by atoms with Crippen molar-refractivity contribution in [3.63, 3.8) is 0 Å². The van der Waals surface area contributed by atoms with Crippen molar-refractivity contribution in [1.82, 2.24) is 9.47 Å². The van der Waals surface area contributed by atoms with E-state index in [0.717, 1.165) is 26.2 Å². The summed E-state index contributed by atoms with van der Waals surface area (Å²) in [6.07, 6.45) is 1.22. The summed E-state index contributed by atoms with van der Waals surface area (Å²) in [7, 11) is 0. The lowest BCUT2D eigenvalue weighted by atomic mass is 9.83. The van der Waals surface area contributed by atoms with Crippen LogP contribution in [0.3, 0.4) is 0 Å². The zero-order valence-electron chi connectivity index (χ0n) is 12.4. The third-order valence-electron chi connectivity index (χ3n) is 4.91. The lowest BCUT2D eigenvalue weighted by Gasteiger charge is -2.42. The average molecular weight is 359 g/mol. The molecule has 22 heavy (non-hydrogen) atoms. The third-order valence-corrected chi connectivity index (χ3v) is 5.68. The van der Waals surface area contributed by atoms with Crippen molar-refractivity contribution in [2.24, 2.45) is 5.92 Å². The van der Waals surface area contributed by atoms with Gasteiger partial charge in [-0.25, -0.2) is 0 Å². The summed E-state index contributed by atoms with van der Waals surface area (Å²) in [4.78, 5) is 14.6. The highest BCUT2D eigenvalue weighted by molar-refractivity contribution is 9.10. The SMILES string of the molecule is O=c1cccc2n1CC1CC2CN(Cc2ccccc2Br)C1. The Morgan fingerprint density at radius 3 is 2.77 bits per heavy atom. The number of halogens is 1. The van der Waals surface area contributed by atoms with Crippen LogP contribution >= 0.6 is 15.9 Å². The van der Waals surface area contributed by atoms with Gasteiger partial charge >= 0.3 is 0 Å². The molecule has 4 heteroatoms. The Labute approximate surface area is 138 Å². The first kappa shape index (κ1) is 14.2. The second-order valence-electron chi connectivity index (χ2n) is 6.48. The quantitative estimate of drug-likeness (QED) is 0.823. The molecule has 2 aliphatic rings. The number of likely N-dealkylation sites (tertiary alicyclic amines) is 1. The van der Waals surface area contributed by atoms with Gasteiger partial charge in [0.15, 0.2) is 0 Å². The van der Waals surface area contributed by atoms with Gasteiger partial charge in [0.2, 0.25) is 0 Å². The van der Waals surface area contributed by atoms with Gasteiger partial charge in [-0.2, -0.15) is 0 Å². The first-order valence-electron chi connectivity index (χ1n) is 7.86. The molecule has 2 aromatic rings. The number of pyridine rings is 1. The van der Waals surface area contributed by atoms with Crippen molar-refractivity contribution in [1.29, 1.82) is 0 Å². The molecule has 1 saturated heterocycles. The predicted molar refractivity (Wildman–Crippen MR) is 91.0 cm³/mol. The second kappa shape index (κ2) is 5.67. The molecule has 4 rings (SSSR count). The highest BCUT2D eigenvalue weighted by Gasteiger charge is 2.34. The van der Waals surface area contributed by atoms with Gasteiger partial charge in [0.1, 0.15) is 0 Å². The third kappa shape index (κ3) is 2.55. The monoisotopic (exact) mass is 358 g/mol. The minimum absolute atomic E-state index is 0.159. The zero-order valence-corrected chi connectivity index (χ0v) is 14.0. The summed E-state index contributed by atoms with van der Waals surface area (Å²) in [5.41, 5.74) is 2.72. The summed E-state index contributed by atoms with van der Waals surface area (Å²) in [6.45, 7) is 3.98. The lowest BCUT2D eigenvalue weighted by Crippen LogP contribution is -2.46. The van der Waals surface area contributed by atoms with Crippen molar-refractivity contribution < 1.29 is 0 Å². The maximum absolute atomic E-state index is 12.1. The molecule has 1 aromatic carbocycles. The van der Waals surface area contributed by atoms with Crippen LogP contribution in [0.2, 0.25) is 0 Å². The first-order valence-corrected chi connectivity index (χ1v) is 8.65. The van der Waals surface area contributed by atoms with Crippen LogP contribution in [-0.4, -0.2) is 22.6 Å². The number of nitrogens with zero attached hydrogens (tertiary/aromatic N) is 2. The molecule has 114 valence electrons. The summed E-state index contributed by atoms with van der Waals surface area (Å²) < 4.78 is 3.18. The summed E-state index contributed by atoms with van der Waals surface area (Å²) in [5.74, 6) is 1.08. The van der Waals surface area contributed by atoms with Crippen molar-refractivity contribution in [3.8, 4) is 0 Å². The highest BCUT2D eigenvalue weighted by Crippen LogP contribution is 2.35. The molecule has 0 amide bonds. The molecule has 2 bridgehead atoms. The molecule has 0 radical (unpaired) electrons. The number of piperidine rings is 1. The van der Waals surface area contributed by atoms with Crippen molar-refractivity contribution in [3.05, 3.63) is 68.5 Å². The molecule has 2 atom stereocenters. The van der Waals surface area contributed by atoms with E-state index < -0.39 is 0 Å². The minimum Gasteiger partial charge on any atom is -0.312 e. The lowest BCUT2D eigenvalue weighted by molar-refractivity contribution is 0.114. The standard InChI is InChI=1S/C18H19BrN2O/c19-16-5-2-1-4-14(16)11-20-9-13-8-15(12-20)17-6-3-7-18(22)21(17)10-13/h1-7,13,15H,8-12H2. The number of fused-ring (bicyclic) bond motifs is 4. The molecule has 0 aliphatic carbocycles. The van der Waals surface area contributed by atoms with E-state index in [0.29, 0.717) is 11.8 Å². The van der Waals surface area contributed by atoms with Gasteiger partial charge in [0.25, 0.3) is 5.56 Å². The Morgan fingerprint density at radius 2 is 1.91 bits per heavy atom. The van der Waals surface area contributed by atoms with Crippen LogP contribution in [0.5, 0.6) is 0 Å². The summed E-state index contributed by atoms with van der Waals surface area (Å²) in [6, 6.07) is 14.2. The van der Waals surface area contributed by atoms with Crippen molar-refractivity contribution in [2.45, 2.75) is 25.4 Å². The van der Waals surface area contributed by atoms with E-state index in [1.54, 1.807) is 6.07 Å². The highest BCUT2D eigenvalue weighted by atomic mass is 79.9. The van der Waals surface area contributed by atoms with E-state index >= 15 is 0 Å². The van der Waals surface area contributed by atoms with Gasteiger partial charge in [0.05, 0.1) is 0 Å². The van der Waals surface area contributed by atoms with Gasteiger partial charge in [-0.05, 0) is 30.0 Å². The largest absolute Gasteiger partial charge is 0.312 e. The molecule has 0 N–H and O–H groups in total. The average Bonchev–Trinajstić information content (AvgIpc) is 2.51. The topological polar surface area (TPSA) is 25.2 Å². The van der Waals surface area contributed by atoms with E-state index in [-0.39, 0.29) is 5.56 Å². The molecule has 3 nitrogen and oxygen atoms in total. The van der Waals surface area contributed by atoms with Crippen molar-refractivity contribution >= 4 is 15.9 Å². The van der Waals surface area contributed by atoms with E-state index in [1.807, 2.05) is 10.6 Å². The van der Waals surface area contributed by atoms with Crippen LogP contribution in [-0.2, 0) is 13.1 Å². The van der Waals surface area contributed by atoms with Crippen LogP contribution in [0.15, 0.2) is 51.7 Å². The summed E-state index contributed by atoms with van der Waals surface area (Å²) in [5, 5.41) is 0. The normalized spacial score (nSPS) is 24.0.